The number of nitrogens with two attached hydrogens (primary N) is 1. The largest absolute Gasteiger partial charge is 0.327 e. The number of halogens is 4. The number of aromatic nitrogens is 2. The van der Waals surface area contributed by atoms with E-state index < -0.39 is 24.9 Å². The molecule has 104 valence electrons. The lowest BCUT2D eigenvalue weighted by Crippen LogP contribution is -2.33. The molecule has 18 heavy (non-hydrogen) atoms. The summed E-state index contributed by atoms with van der Waals surface area (Å²) in [5, 5.41) is 0. The Bertz CT molecular complexity index is 376. The van der Waals surface area contributed by atoms with E-state index in [4.69, 9.17) is 5.73 Å². The van der Waals surface area contributed by atoms with Crippen molar-refractivity contribution in [2.45, 2.75) is 45.2 Å². The van der Waals surface area contributed by atoms with Gasteiger partial charge in [-0.05, 0) is 12.3 Å². The fraction of sp³-hybridized carbons (Fsp3) is 0.727. The highest BCUT2D eigenvalue weighted by Crippen LogP contribution is 2.27. The summed E-state index contributed by atoms with van der Waals surface area (Å²) in [5.41, 5.74) is 6.19. The van der Waals surface area contributed by atoms with Crippen molar-refractivity contribution < 1.29 is 17.6 Å². The quantitative estimate of drug-likeness (QED) is 0.805. The average molecular weight is 267 g/mol. The number of nitrogens with zero attached hydrogens (tertiary/aromatic N) is 2. The highest BCUT2D eigenvalue weighted by atomic mass is 19.3. The fourth-order valence-corrected chi connectivity index (χ4v) is 1.70. The Balaban J connectivity index is 2.83. The Hall–Kier alpha value is -1.11. The summed E-state index contributed by atoms with van der Waals surface area (Å²) < 4.78 is 51.2. The maximum Gasteiger partial charge on any atom is 0.324 e. The van der Waals surface area contributed by atoms with Crippen LogP contribution in [-0.4, -0.2) is 21.9 Å². The normalized spacial score (nSPS) is 14.5. The van der Waals surface area contributed by atoms with Gasteiger partial charge in [0.25, 0.3) is 0 Å². The van der Waals surface area contributed by atoms with Crippen molar-refractivity contribution in [3.05, 3.63) is 18.2 Å². The maximum absolute atomic E-state index is 13.0. The van der Waals surface area contributed by atoms with Gasteiger partial charge in [0.2, 0.25) is 0 Å². The molecule has 0 fully saturated rings. The van der Waals surface area contributed by atoms with Gasteiger partial charge in [0, 0.05) is 12.2 Å². The molecule has 7 heteroatoms. The van der Waals surface area contributed by atoms with E-state index in [2.05, 4.69) is 4.98 Å². The number of hydrogen-bond donors (Lipinski definition) is 1. The first-order chi connectivity index (χ1) is 8.24. The molecule has 0 aliphatic heterocycles. The molecule has 1 atom stereocenters. The summed E-state index contributed by atoms with van der Waals surface area (Å²) in [6.45, 7) is 2.77. The Labute approximate surface area is 103 Å². The van der Waals surface area contributed by atoms with Crippen molar-refractivity contribution in [2.24, 2.45) is 11.7 Å². The Morgan fingerprint density at radius 1 is 1.39 bits per heavy atom. The molecule has 0 aliphatic carbocycles. The van der Waals surface area contributed by atoms with Crippen LogP contribution in [0.2, 0.25) is 0 Å². The van der Waals surface area contributed by atoms with E-state index in [9.17, 15) is 17.6 Å². The van der Waals surface area contributed by atoms with Crippen molar-refractivity contribution in [3.63, 3.8) is 0 Å². The van der Waals surface area contributed by atoms with Crippen molar-refractivity contribution >= 4 is 0 Å². The molecule has 1 heterocycles. The fourth-order valence-electron chi connectivity index (χ4n) is 1.70. The lowest BCUT2D eigenvalue weighted by atomic mass is 10.0. The van der Waals surface area contributed by atoms with Crippen molar-refractivity contribution in [1.29, 1.82) is 0 Å². The van der Waals surface area contributed by atoms with Gasteiger partial charge in [0.05, 0.1) is 18.6 Å². The molecule has 1 unspecified atom stereocenters. The van der Waals surface area contributed by atoms with Gasteiger partial charge in [-0.3, -0.25) is 0 Å². The molecule has 1 aromatic rings. The standard InChI is InChI=1S/C11H17F4N3/c1-7(2)3-8(16)9-4-17-6-18(9)5-11(14,15)10(12)13/h4,6-8,10H,3,5,16H2,1-2H3. The summed E-state index contributed by atoms with van der Waals surface area (Å²) >= 11 is 0. The van der Waals surface area contributed by atoms with Gasteiger partial charge in [-0.1, -0.05) is 13.8 Å². The summed E-state index contributed by atoms with van der Waals surface area (Å²) in [6.07, 6.45) is -0.680. The molecule has 1 rings (SSSR count). The van der Waals surface area contributed by atoms with Gasteiger partial charge in [-0.15, -0.1) is 0 Å². The van der Waals surface area contributed by atoms with Crippen LogP contribution in [0.4, 0.5) is 17.6 Å². The summed E-state index contributed by atoms with van der Waals surface area (Å²) in [4.78, 5) is 3.70. The first kappa shape index (κ1) is 14.9. The van der Waals surface area contributed by atoms with Crippen LogP contribution in [0.25, 0.3) is 0 Å². The predicted molar refractivity (Wildman–Crippen MR) is 59.6 cm³/mol. The zero-order chi connectivity index (χ0) is 13.9. The molecule has 0 aliphatic rings. The SMILES string of the molecule is CC(C)CC(N)c1cncn1CC(F)(F)C(F)F. The first-order valence-electron chi connectivity index (χ1n) is 5.65. The predicted octanol–water partition coefficient (Wildman–Crippen LogP) is 2.83. The van der Waals surface area contributed by atoms with Crippen LogP contribution >= 0.6 is 0 Å². The van der Waals surface area contributed by atoms with Crippen LogP contribution in [-0.2, 0) is 6.54 Å². The number of imidazole rings is 1. The van der Waals surface area contributed by atoms with Gasteiger partial charge in [-0.25, -0.2) is 13.8 Å². The molecule has 1 aromatic heterocycles. The van der Waals surface area contributed by atoms with Gasteiger partial charge in [-0.2, -0.15) is 8.78 Å². The van der Waals surface area contributed by atoms with Crippen molar-refractivity contribution in [3.8, 4) is 0 Å². The van der Waals surface area contributed by atoms with E-state index in [-0.39, 0.29) is 5.92 Å². The molecule has 0 saturated carbocycles. The van der Waals surface area contributed by atoms with Crippen LogP contribution in [0.15, 0.2) is 12.5 Å². The monoisotopic (exact) mass is 267 g/mol. The zero-order valence-corrected chi connectivity index (χ0v) is 10.3. The molecule has 0 aromatic carbocycles. The van der Waals surface area contributed by atoms with E-state index in [0.29, 0.717) is 12.1 Å². The summed E-state index contributed by atoms with van der Waals surface area (Å²) in [7, 11) is 0. The zero-order valence-electron chi connectivity index (χ0n) is 10.3. The van der Waals surface area contributed by atoms with Crippen molar-refractivity contribution in [2.75, 3.05) is 0 Å². The topological polar surface area (TPSA) is 43.8 Å². The molecule has 0 spiro atoms. The molecule has 3 nitrogen and oxygen atoms in total. The Morgan fingerprint density at radius 2 is 2.00 bits per heavy atom. The van der Waals surface area contributed by atoms with E-state index in [0.717, 1.165) is 10.9 Å². The van der Waals surface area contributed by atoms with E-state index >= 15 is 0 Å². The van der Waals surface area contributed by atoms with Gasteiger partial charge >= 0.3 is 12.3 Å². The average Bonchev–Trinajstić information content (AvgIpc) is 2.63. The number of rotatable bonds is 6. The molecule has 0 saturated heterocycles. The minimum absolute atomic E-state index is 0.277. The van der Waals surface area contributed by atoms with Crippen LogP contribution in [0.3, 0.4) is 0 Å². The van der Waals surface area contributed by atoms with Crippen molar-refractivity contribution in [1.82, 2.24) is 9.55 Å². The first-order valence-corrected chi connectivity index (χ1v) is 5.65. The van der Waals surface area contributed by atoms with Crippen LogP contribution < -0.4 is 5.73 Å². The highest BCUT2D eigenvalue weighted by molar-refractivity contribution is 5.05. The van der Waals surface area contributed by atoms with Gasteiger partial charge in [0.15, 0.2) is 0 Å². The summed E-state index contributed by atoms with van der Waals surface area (Å²) in [6, 6.07) is -0.485. The second-order valence-electron chi connectivity index (χ2n) is 4.74. The molecule has 0 radical (unpaired) electrons. The lowest BCUT2D eigenvalue weighted by molar-refractivity contribution is -0.138. The second kappa shape index (κ2) is 5.69. The number of hydrogen-bond acceptors (Lipinski definition) is 2. The Kier molecular flexibility index (Phi) is 4.72. The Morgan fingerprint density at radius 3 is 2.50 bits per heavy atom. The van der Waals surface area contributed by atoms with Crippen LogP contribution in [0.5, 0.6) is 0 Å². The summed E-state index contributed by atoms with van der Waals surface area (Å²) in [5.74, 6) is -3.80. The molecule has 2 N–H and O–H groups in total. The smallest absolute Gasteiger partial charge is 0.324 e. The minimum Gasteiger partial charge on any atom is -0.327 e. The third-order valence-electron chi connectivity index (χ3n) is 2.55. The minimum atomic E-state index is -4.08. The van der Waals surface area contributed by atoms with Crippen LogP contribution in [0, 0.1) is 5.92 Å². The van der Waals surface area contributed by atoms with Crippen LogP contribution in [0.1, 0.15) is 32.0 Å². The lowest BCUT2D eigenvalue weighted by Gasteiger charge is -2.20. The molecule has 0 bridgehead atoms. The maximum atomic E-state index is 13.0. The molecule has 0 amide bonds. The van der Waals surface area contributed by atoms with E-state index in [1.807, 2.05) is 13.8 Å². The molecular weight excluding hydrogens is 250 g/mol. The van der Waals surface area contributed by atoms with Gasteiger partial charge in [0.1, 0.15) is 0 Å². The van der Waals surface area contributed by atoms with E-state index in [1.54, 1.807) is 0 Å². The molecular formula is C11H17F4N3. The third-order valence-corrected chi connectivity index (χ3v) is 2.55. The number of alkyl halides is 4. The van der Waals surface area contributed by atoms with E-state index in [1.165, 1.54) is 6.20 Å². The van der Waals surface area contributed by atoms with Gasteiger partial charge < -0.3 is 10.3 Å². The second-order valence-corrected chi connectivity index (χ2v) is 4.74. The third kappa shape index (κ3) is 3.69. The highest BCUT2D eigenvalue weighted by Gasteiger charge is 2.41.